The summed E-state index contributed by atoms with van der Waals surface area (Å²) in [6.45, 7) is 3.63. The molecular formula is C19H23ClN4O2. The molecule has 2 aromatic rings. The highest BCUT2D eigenvalue weighted by atomic mass is 35.5. The number of aliphatic imine (C=N–C) groups is 1. The Kier molecular flexibility index (Phi) is 5.73. The van der Waals surface area contributed by atoms with E-state index >= 15 is 0 Å². The molecule has 0 saturated carbocycles. The Morgan fingerprint density at radius 3 is 2.50 bits per heavy atom. The van der Waals surface area contributed by atoms with Crippen LogP contribution in [0.2, 0.25) is 5.02 Å². The number of guanidine groups is 1. The molecule has 2 aromatic carbocycles. The van der Waals surface area contributed by atoms with Crippen LogP contribution < -0.4 is 15.4 Å². The van der Waals surface area contributed by atoms with Gasteiger partial charge in [0.25, 0.3) is 0 Å². The van der Waals surface area contributed by atoms with Gasteiger partial charge in [-0.3, -0.25) is 0 Å². The second-order valence-electron chi connectivity index (χ2n) is 6.12. The van der Waals surface area contributed by atoms with Gasteiger partial charge in [-0.05, 0) is 42.5 Å². The van der Waals surface area contributed by atoms with Gasteiger partial charge in [0.1, 0.15) is 11.5 Å². The molecule has 1 aliphatic heterocycles. The molecule has 0 aromatic heterocycles. The van der Waals surface area contributed by atoms with E-state index in [9.17, 15) is 5.11 Å². The molecule has 0 bridgehead atoms. The van der Waals surface area contributed by atoms with Crippen molar-refractivity contribution >= 4 is 23.2 Å². The number of ether oxygens (including phenoxy) is 1. The summed E-state index contributed by atoms with van der Waals surface area (Å²) in [5, 5.41) is 10.7. The predicted octanol–water partition coefficient (Wildman–Crippen LogP) is 2.69. The van der Waals surface area contributed by atoms with Crippen molar-refractivity contribution in [2.75, 3.05) is 38.2 Å². The molecule has 0 amide bonds. The third-order valence-electron chi connectivity index (χ3n) is 4.49. The Hall–Kier alpha value is -2.60. The summed E-state index contributed by atoms with van der Waals surface area (Å²) in [7, 11) is 1.59. The van der Waals surface area contributed by atoms with Crippen molar-refractivity contribution in [3.63, 3.8) is 0 Å². The number of halogens is 1. The molecule has 1 fully saturated rings. The molecule has 1 saturated heterocycles. The monoisotopic (exact) mass is 374 g/mol. The smallest absolute Gasteiger partial charge is 0.191 e. The van der Waals surface area contributed by atoms with Crippen molar-refractivity contribution in [1.29, 1.82) is 0 Å². The Labute approximate surface area is 158 Å². The number of hydrogen-bond donors (Lipinski definition) is 2. The highest BCUT2D eigenvalue weighted by molar-refractivity contribution is 6.30. The lowest BCUT2D eigenvalue weighted by Crippen LogP contribution is -2.51. The molecule has 0 spiro atoms. The van der Waals surface area contributed by atoms with Gasteiger partial charge in [-0.15, -0.1) is 0 Å². The highest BCUT2D eigenvalue weighted by Crippen LogP contribution is 2.24. The molecule has 0 aliphatic carbocycles. The zero-order valence-electron chi connectivity index (χ0n) is 14.7. The lowest BCUT2D eigenvalue weighted by atomic mass is 10.2. The number of nitrogens with two attached hydrogens (primary N) is 1. The first-order valence-corrected chi connectivity index (χ1v) is 8.86. The maximum atomic E-state index is 9.94. The zero-order chi connectivity index (χ0) is 18.5. The lowest BCUT2D eigenvalue weighted by molar-refractivity contribution is 0.380. The van der Waals surface area contributed by atoms with Gasteiger partial charge in [-0.1, -0.05) is 11.6 Å². The number of methoxy groups -OCH3 is 1. The fraction of sp³-hybridized carbons (Fsp3) is 0.316. The number of hydrogen-bond acceptors (Lipinski definition) is 4. The maximum absolute atomic E-state index is 9.94. The van der Waals surface area contributed by atoms with Crippen LogP contribution in [-0.2, 0) is 6.54 Å². The number of benzene rings is 2. The molecule has 0 unspecified atom stereocenters. The molecule has 1 aliphatic rings. The molecular weight excluding hydrogens is 352 g/mol. The minimum Gasteiger partial charge on any atom is -0.508 e. The summed E-state index contributed by atoms with van der Waals surface area (Å²) < 4.78 is 5.18. The van der Waals surface area contributed by atoms with Crippen LogP contribution in [0.15, 0.2) is 47.5 Å². The maximum Gasteiger partial charge on any atom is 0.191 e. The fourth-order valence-electron chi connectivity index (χ4n) is 2.93. The largest absolute Gasteiger partial charge is 0.508 e. The quantitative estimate of drug-likeness (QED) is 0.635. The van der Waals surface area contributed by atoms with E-state index in [1.165, 1.54) is 0 Å². The van der Waals surface area contributed by atoms with Gasteiger partial charge in [-0.25, -0.2) is 4.99 Å². The van der Waals surface area contributed by atoms with E-state index in [-0.39, 0.29) is 5.75 Å². The molecule has 6 nitrogen and oxygen atoms in total. The first-order valence-electron chi connectivity index (χ1n) is 8.48. The first-order chi connectivity index (χ1) is 12.6. The number of rotatable bonds is 4. The number of nitrogens with zero attached hydrogens (tertiary/aromatic N) is 3. The van der Waals surface area contributed by atoms with E-state index in [2.05, 4.69) is 14.8 Å². The van der Waals surface area contributed by atoms with Crippen LogP contribution in [0.25, 0.3) is 0 Å². The van der Waals surface area contributed by atoms with Crippen molar-refractivity contribution in [2.45, 2.75) is 6.54 Å². The Morgan fingerprint density at radius 2 is 1.85 bits per heavy atom. The molecule has 26 heavy (non-hydrogen) atoms. The van der Waals surface area contributed by atoms with Crippen LogP contribution in [0.3, 0.4) is 0 Å². The summed E-state index contributed by atoms with van der Waals surface area (Å²) in [6.07, 6.45) is 0. The standard InChI is InChI=1S/C19H23ClN4O2/c1-26-17-6-7-18(25)14(12-17)13-22-19(21)24-10-8-23(9-11-24)16-4-2-15(20)3-5-16/h2-7,12,25H,8-11,13H2,1H3,(H2,21,22). The van der Waals surface area contributed by atoms with Gasteiger partial charge in [0.05, 0.1) is 13.7 Å². The van der Waals surface area contributed by atoms with Crippen LogP contribution in [0.5, 0.6) is 11.5 Å². The normalized spacial score (nSPS) is 15.2. The lowest BCUT2D eigenvalue weighted by Gasteiger charge is -2.36. The predicted molar refractivity (Wildman–Crippen MR) is 105 cm³/mol. The number of anilines is 1. The molecule has 0 radical (unpaired) electrons. The van der Waals surface area contributed by atoms with Crippen LogP contribution in [-0.4, -0.2) is 49.3 Å². The van der Waals surface area contributed by atoms with E-state index in [0.29, 0.717) is 23.8 Å². The second kappa shape index (κ2) is 8.19. The summed E-state index contributed by atoms with van der Waals surface area (Å²) in [4.78, 5) is 8.79. The van der Waals surface area contributed by atoms with Gasteiger partial charge < -0.3 is 25.4 Å². The average molecular weight is 375 g/mol. The zero-order valence-corrected chi connectivity index (χ0v) is 15.5. The molecule has 7 heteroatoms. The van der Waals surface area contributed by atoms with E-state index < -0.39 is 0 Å². The van der Waals surface area contributed by atoms with Gasteiger partial charge in [-0.2, -0.15) is 0 Å². The van der Waals surface area contributed by atoms with Crippen molar-refractivity contribution in [2.24, 2.45) is 10.7 Å². The number of piperazine rings is 1. The van der Waals surface area contributed by atoms with Crippen LogP contribution >= 0.6 is 11.6 Å². The SMILES string of the molecule is COc1ccc(O)c(CN=C(N)N2CCN(c3ccc(Cl)cc3)CC2)c1. The van der Waals surface area contributed by atoms with Gasteiger partial charge in [0, 0.05) is 42.5 Å². The number of aromatic hydroxyl groups is 1. The first kappa shape index (κ1) is 18.2. The Balaban J connectivity index is 1.58. The van der Waals surface area contributed by atoms with Gasteiger partial charge in [0.2, 0.25) is 0 Å². The van der Waals surface area contributed by atoms with Gasteiger partial charge >= 0.3 is 0 Å². The van der Waals surface area contributed by atoms with Crippen molar-refractivity contribution < 1.29 is 9.84 Å². The molecule has 3 N–H and O–H groups in total. The summed E-state index contributed by atoms with van der Waals surface area (Å²) in [6, 6.07) is 12.9. The van der Waals surface area contributed by atoms with E-state index in [0.717, 1.165) is 36.9 Å². The van der Waals surface area contributed by atoms with E-state index in [4.69, 9.17) is 22.1 Å². The minimum atomic E-state index is 0.190. The number of phenolic OH excluding ortho intramolecular Hbond substituents is 1. The van der Waals surface area contributed by atoms with Crippen molar-refractivity contribution in [3.8, 4) is 11.5 Å². The van der Waals surface area contributed by atoms with E-state index in [1.54, 1.807) is 25.3 Å². The Morgan fingerprint density at radius 1 is 1.15 bits per heavy atom. The summed E-state index contributed by atoms with van der Waals surface area (Å²) >= 11 is 5.95. The molecule has 0 atom stereocenters. The van der Waals surface area contributed by atoms with E-state index in [1.807, 2.05) is 24.3 Å². The highest BCUT2D eigenvalue weighted by Gasteiger charge is 2.18. The summed E-state index contributed by atoms with van der Waals surface area (Å²) in [5.41, 5.74) is 7.99. The third-order valence-corrected chi connectivity index (χ3v) is 4.75. The van der Waals surface area contributed by atoms with Crippen molar-refractivity contribution in [3.05, 3.63) is 53.1 Å². The third kappa shape index (κ3) is 4.32. The van der Waals surface area contributed by atoms with Crippen LogP contribution in [0, 0.1) is 0 Å². The second-order valence-corrected chi connectivity index (χ2v) is 6.56. The van der Waals surface area contributed by atoms with Crippen molar-refractivity contribution in [1.82, 2.24) is 4.90 Å². The van der Waals surface area contributed by atoms with Gasteiger partial charge in [0.15, 0.2) is 5.96 Å². The molecule has 138 valence electrons. The average Bonchev–Trinajstić information content (AvgIpc) is 2.68. The Bertz CT molecular complexity index is 772. The minimum absolute atomic E-state index is 0.190. The number of phenols is 1. The fourth-order valence-corrected chi connectivity index (χ4v) is 3.05. The van der Waals surface area contributed by atoms with Crippen LogP contribution in [0.1, 0.15) is 5.56 Å². The van der Waals surface area contributed by atoms with Crippen LogP contribution in [0.4, 0.5) is 5.69 Å². The molecule has 3 rings (SSSR count). The molecule has 1 heterocycles. The summed E-state index contributed by atoms with van der Waals surface area (Å²) in [5.74, 6) is 1.36. The topological polar surface area (TPSA) is 74.3 Å².